The molecule has 0 aliphatic rings. The Labute approximate surface area is 138 Å². The van der Waals surface area contributed by atoms with Crippen LogP contribution in [0, 0.1) is 6.92 Å². The highest BCUT2D eigenvalue weighted by Crippen LogP contribution is 2.20. The normalized spacial score (nSPS) is 10.6. The van der Waals surface area contributed by atoms with E-state index in [-0.39, 0.29) is 5.56 Å². The van der Waals surface area contributed by atoms with Crippen molar-refractivity contribution < 1.29 is 13.9 Å². The molecule has 0 unspecified atom stereocenters. The summed E-state index contributed by atoms with van der Waals surface area (Å²) >= 11 is 0. The van der Waals surface area contributed by atoms with Gasteiger partial charge < -0.3 is 14.5 Å². The van der Waals surface area contributed by atoms with Crippen LogP contribution in [-0.4, -0.2) is 17.5 Å². The number of aryl methyl sites for hydroxylation is 1. The first-order valence-corrected chi connectivity index (χ1v) is 7.51. The van der Waals surface area contributed by atoms with Crippen molar-refractivity contribution in [3.8, 4) is 5.75 Å². The average molecular weight is 324 g/mol. The summed E-state index contributed by atoms with van der Waals surface area (Å²) in [6, 6.07) is 10.2. The van der Waals surface area contributed by atoms with E-state index in [0.29, 0.717) is 29.1 Å². The van der Waals surface area contributed by atoms with E-state index < -0.39 is 11.5 Å². The van der Waals surface area contributed by atoms with Gasteiger partial charge in [-0.1, -0.05) is 0 Å². The second kappa shape index (κ2) is 6.54. The first kappa shape index (κ1) is 15.7. The van der Waals surface area contributed by atoms with Crippen molar-refractivity contribution in [2.75, 3.05) is 11.9 Å². The second-order valence-corrected chi connectivity index (χ2v) is 5.25. The molecule has 0 bridgehead atoms. The lowest BCUT2D eigenvalue weighted by Crippen LogP contribution is -2.21. The number of nitrogens with zero attached hydrogens (tertiary/aromatic N) is 1. The van der Waals surface area contributed by atoms with E-state index in [1.807, 2.05) is 19.9 Å². The number of carbonyl (C=O) groups is 1. The number of hydrogen-bond donors (Lipinski definition) is 1. The van der Waals surface area contributed by atoms with Crippen molar-refractivity contribution in [2.45, 2.75) is 13.8 Å². The smallest absolute Gasteiger partial charge is 0.349 e. The quantitative estimate of drug-likeness (QED) is 0.746. The van der Waals surface area contributed by atoms with Crippen LogP contribution in [0.4, 0.5) is 5.82 Å². The minimum atomic E-state index is -0.707. The number of aromatic nitrogens is 1. The van der Waals surface area contributed by atoms with Gasteiger partial charge in [0.05, 0.1) is 6.61 Å². The number of benzene rings is 1. The molecule has 122 valence electrons. The number of rotatable bonds is 4. The molecular weight excluding hydrogens is 308 g/mol. The van der Waals surface area contributed by atoms with E-state index in [2.05, 4.69) is 10.3 Å². The molecule has 1 N–H and O–H groups in total. The third kappa shape index (κ3) is 3.27. The van der Waals surface area contributed by atoms with Crippen LogP contribution in [0.25, 0.3) is 11.0 Å². The number of fused-ring (bicyclic) bond motifs is 1. The summed E-state index contributed by atoms with van der Waals surface area (Å²) in [7, 11) is 0. The fourth-order valence-corrected chi connectivity index (χ4v) is 2.29. The van der Waals surface area contributed by atoms with Crippen LogP contribution in [0.2, 0.25) is 0 Å². The number of anilines is 1. The van der Waals surface area contributed by atoms with Gasteiger partial charge in [0.15, 0.2) is 0 Å². The molecule has 0 radical (unpaired) electrons. The van der Waals surface area contributed by atoms with Gasteiger partial charge in [-0.3, -0.25) is 4.79 Å². The van der Waals surface area contributed by atoms with E-state index in [9.17, 15) is 9.59 Å². The van der Waals surface area contributed by atoms with Crippen LogP contribution in [0.15, 0.2) is 51.8 Å². The Morgan fingerprint density at radius 1 is 1.25 bits per heavy atom. The Hall–Kier alpha value is -3.15. The Morgan fingerprint density at radius 2 is 2.08 bits per heavy atom. The molecule has 6 nitrogen and oxygen atoms in total. The molecule has 6 heteroatoms. The van der Waals surface area contributed by atoms with Crippen molar-refractivity contribution in [1.82, 2.24) is 4.98 Å². The van der Waals surface area contributed by atoms with Gasteiger partial charge in [0, 0.05) is 17.6 Å². The fourth-order valence-electron chi connectivity index (χ4n) is 2.29. The maximum absolute atomic E-state index is 12.3. The molecule has 1 aromatic carbocycles. The minimum absolute atomic E-state index is 0.0741. The summed E-state index contributed by atoms with van der Waals surface area (Å²) in [5, 5.41) is 3.24. The summed E-state index contributed by atoms with van der Waals surface area (Å²) in [6.07, 6.45) is 1.59. The second-order valence-electron chi connectivity index (χ2n) is 5.25. The minimum Gasteiger partial charge on any atom is -0.494 e. The van der Waals surface area contributed by atoms with E-state index in [4.69, 9.17) is 9.15 Å². The monoisotopic (exact) mass is 324 g/mol. The van der Waals surface area contributed by atoms with Crippen molar-refractivity contribution in [2.24, 2.45) is 0 Å². The number of hydrogen-bond acceptors (Lipinski definition) is 5. The van der Waals surface area contributed by atoms with Crippen molar-refractivity contribution in [3.05, 3.63) is 64.1 Å². The molecule has 0 aliphatic heterocycles. The molecular formula is C18H16N2O4. The van der Waals surface area contributed by atoms with Gasteiger partial charge in [0.1, 0.15) is 22.7 Å². The zero-order valence-electron chi connectivity index (χ0n) is 13.3. The zero-order valence-corrected chi connectivity index (χ0v) is 13.3. The molecule has 0 atom stereocenters. The molecule has 24 heavy (non-hydrogen) atoms. The highest BCUT2D eigenvalue weighted by Gasteiger charge is 2.15. The highest BCUT2D eigenvalue weighted by molar-refractivity contribution is 6.05. The van der Waals surface area contributed by atoms with Crippen LogP contribution in [0.3, 0.4) is 0 Å². The average Bonchev–Trinajstić information content (AvgIpc) is 2.54. The van der Waals surface area contributed by atoms with E-state index >= 15 is 0 Å². The van der Waals surface area contributed by atoms with Crippen molar-refractivity contribution in [3.63, 3.8) is 0 Å². The van der Waals surface area contributed by atoms with E-state index in [1.54, 1.807) is 30.5 Å². The zero-order chi connectivity index (χ0) is 17.1. The third-order valence-corrected chi connectivity index (χ3v) is 3.42. The van der Waals surface area contributed by atoms with Gasteiger partial charge in [0.2, 0.25) is 0 Å². The molecule has 0 saturated carbocycles. The Bertz CT molecular complexity index is 963. The first-order valence-electron chi connectivity index (χ1n) is 7.51. The van der Waals surface area contributed by atoms with Crippen LogP contribution in [0.1, 0.15) is 22.8 Å². The topological polar surface area (TPSA) is 81.4 Å². The lowest BCUT2D eigenvalue weighted by molar-refractivity contribution is 0.102. The molecule has 0 fully saturated rings. The number of amides is 1. The summed E-state index contributed by atoms with van der Waals surface area (Å²) < 4.78 is 10.6. The van der Waals surface area contributed by atoms with E-state index in [1.165, 1.54) is 6.07 Å². The highest BCUT2D eigenvalue weighted by atomic mass is 16.5. The molecule has 3 rings (SSSR count). The summed E-state index contributed by atoms with van der Waals surface area (Å²) in [5.41, 5.74) is 0.543. The van der Waals surface area contributed by atoms with Gasteiger partial charge in [-0.05, 0) is 49.7 Å². The Kier molecular flexibility index (Phi) is 4.29. The molecule has 2 aromatic heterocycles. The Morgan fingerprint density at radius 3 is 2.83 bits per heavy atom. The molecule has 0 aliphatic carbocycles. The molecule has 2 heterocycles. The number of pyridine rings is 1. The van der Waals surface area contributed by atoms with Gasteiger partial charge >= 0.3 is 5.63 Å². The maximum atomic E-state index is 12.3. The molecule has 0 spiro atoms. The van der Waals surface area contributed by atoms with Gasteiger partial charge in [-0.2, -0.15) is 0 Å². The standard InChI is InChI=1S/C18H16N2O4/c1-3-23-13-5-4-12-9-14(18(22)24-15(12)10-13)17(21)20-16-8-11(2)6-7-19-16/h4-10H,3H2,1-2H3,(H,19,20,21). The third-order valence-electron chi connectivity index (χ3n) is 3.42. The number of nitrogens with one attached hydrogen (secondary N) is 1. The Balaban J connectivity index is 1.94. The number of ether oxygens (including phenoxy) is 1. The number of carbonyl (C=O) groups excluding carboxylic acids is 1. The lowest BCUT2D eigenvalue weighted by Gasteiger charge is -2.06. The fraction of sp³-hybridized carbons (Fsp3) is 0.167. The molecule has 1 amide bonds. The summed E-state index contributed by atoms with van der Waals surface area (Å²) in [4.78, 5) is 28.5. The summed E-state index contributed by atoms with van der Waals surface area (Å²) in [5.74, 6) is 0.429. The largest absolute Gasteiger partial charge is 0.494 e. The molecule has 3 aromatic rings. The van der Waals surface area contributed by atoms with Crippen LogP contribution >= 0.6 is 0 Å². The lowest BCUT2D eigenvalue weighted by atomic mass is 10.1. The van der Waals surface area contributed by atoms with E-state index in [0.717, 1.165) is 5.56 Å². The predicted octanol–water partition coefficient (Wildman–Crippen LogP) is 3.15. The van der Waals surface area contributed by atoms with Crippen molar-refractivity contribution >= 4 is 22.7 Å². The van der Waals surface area contributed by atoms with Gasteiger partial charge in [-0.15, -0.1) is 0 Å². The predicted molar refractivity (Wildman–Crippen MR) is 90.6 cm³/mol. The molecule has 0 saturated heterocycles. The van der Waals surface area contributed by atoms with Gasteiger partial charge in [-0.25, -0.2) is 9.78 Å². The van der Waals surface area contributed by atoms with Crippen LogP contribution in [-0.2, 0) is 0 Å². The van der Waals surface area contributed by atoms with Gasteiger partial charge in [0.25, 0.3) is 5.91 Å². The summed E-state index contributed by atoms with van der Waals surface area (Å²) in [6.45, 7) is 4.27. The SMILES string of the molecule is CCOc1ccc2cc(C(=O)Nc3cc(C)ccn3)c(=O)oc2c1. The van der Waals surface area contributed by atoms with Crippen LogP contribution in [0.5, 0.6) is 5.75 Å². The van der Waals surface area contributed by atoms with Crippen LogP contribution < -0.4 is 15.7 Å². The first-order chi connectivity index (χ1) is 11.6. The van der Waals surface area contributed by atoms with Crippen molar-refractivity contribution in [1.29, 1.82) is 0 Å². The maximum Gasteiger partial charge on any atom is 0.349 e.